The lowest BCUT2D eigenvalue weighted by Gasteiger charge is -2.29. The van der Waals surface area contributed by atoms with E-state index >= 15 is 0 Å². The summed E-state index contributed by atoms with van der Waals surface area (Å²) >= 11 is 1.68. The number of anilines is 1. The molecule has 28 heavy (non-hydrogen) atoms. The van der Waals surface area contributed by atoms with Gasteiger partial charge in [0.05, 0.1) is 10.9 Å². The third-order valence-electron chi connectivity index (χ3n) is 5.40. The van der Waals surface area contributed by atoms with Crippen molar-refractivity contribution in [1.82, 2.24) is 14.7 Å². The van der Waals surface area contributed by atoms with Crippen molar-refractivity contribution in [3.8, 4) is 11.4 Å². The first-order valence-electron chi connectivity index (χ1n) is 9.90. The van der Waals surface area contributed by atoms with Crippen LogP contribution in [0.3, 0.4) is 0 Å². The zero-order chi connectivity index (χ0) is 20.3. The Bertz CT molecular complexity index is 901. The molecule has 2 aromatic heterocycles. The molecular weight excluding hydrogens is 392 g/mol. The van der Waals surface area contributed by atoms with Crippen molar-refractivity contribution in [3.05, 3.63) is 28.8 Å². The second-order valence-corrected chi connectivity index (χ2v) is 11.4. The van der Waals surface area contributed by atoms with Crippen molar-refractivity contribution in [3.63, 3.8) is 0 Å². The van der Waals surface area contributed by atoms with E-state index in [1.165, 1.54) is 4.88 Å². The highest BCUT2D eigenvalue weighted by Gasteiger charge is 2.24. The fourth-order valence-corrected chi connectivity index (χ4v) is 5.19. The summed E-state index contributed by atoms with van der Waals surface area (Å²) in [7, 11) is -3.17. The molecule has 2 aromatic rings. The first-order chi connectivity index (χ1) is 13.3. The third-order valence-corrected chi connectivity index (χ3v) is 8.11. The standard InChI is InChI=1S/C20H30N4O2S2/c1-13(2)28(25,26)22-12-16-7-9-17(10-8-16)23-20-24-19(15(4)27-20)18-14(3)6-5-11-21-18/h5-6,11,13,16-17,22H,7-10,12H2,1-4H3,(H,23,24)/t16-,17-. The molecule has 3 rings (SSSR count). The molecule has 0 radical (unpaired) electrons. The van der Waals surface area contributed by atoms with Gasteiger partial charge in [-0.15, -0.1) is 11.3 Å². The SMILES string of the molecule is Cc1cccnc1-c1nc(N[C@H]2CC[C@H](CNS(=O)(=O)C(C)C)CC2)sc1C. The molecule has 0 amide bonds. The van der Waals surface area contributed by atoms with Gasteiger partial charge in [0.1, 0.15) is 5.69 Å². The van der Waals surface area contributed by atoms with Crippen LogP contribution < -0.4 is 10.0 Å². The molecular formula is C20H30N4O2S2. The molecule has 0 bridgehead atoms. The maximum absolute atomic E-state index is 11.9. The average molecular weight is 423 g/mol. The van der Waals surface area contributed by atoms with E-state index in [9.17, 15) is 8.42 Å². The lowest BCUT2D eigenvalue weighted by Crippen LogP contribution is -2.37. The summed E-state index contributed by atoms with van der Waals surface area (Å²) in [5, 5.41) is 4.15. The molecule has 1 aliphatic rings. The number of aromatic nitrogens is 2. The number of rotatable bonds is 7. The van der Waals surface area contributed by atoms with Crippen LogP contribution in [0.4, 0.5) is 5.13 Å². The second kappa shape index (κ2) is 8.88. The smallest absolute Gasteiger partial charge is 0.213 e. The molecule has 2 N–H and O–H groups in total. The highest BCUT2D eigenvalue weighted by molar-refractivity contribution is 7.90. The normalized spacial score (nSPS) is 20.5. The number of nitrogens with one attached hydrogen (secondary N) is 2. The molecule has 0 spiro atoms. The van der Waals surface area contributed by atoms with Gasteiger partial charge in [-0.25, -0.2) is 18.1 Å². The topological polar surface area (TPSA) is 84.0 Å². The molecule has 0 saturated heterocycles. The molecule has 0 unspecified atom stereocenters. The fraction of sp³-hybridized carbons (Fsp3) is 0.600. The Hall–Kier alpha value is -1.51. The van der Waals surface area contributed by atoms with Crippen LogP contribution in [-0.4, -0.2) is 36.2 Å². The van der Waals surface area contributed by atoms with E-state index < -0.39 is 10.0 Å². The van der Waals surface area contributed by atoms with E-state index in [2.05, 4.69) is 34.9 Å². The molecule has 1 fully saturated rings. The number of nitrogens with zero attached hydrogens (tertiary/aromatic N) is 2. The molecule has 8 heteroatoms. The fourth-order valence-electron chi connectivity index (χ4n) is 3.50. The van der Waals surface area contributed by atoms with E-state index in [-0.39, 0.29) is 5.25 Å². The Morgan fingerprint density at radius 2 is 1.89 bits per heavy atom. The lowest BCUT2D eigenvalue weighted by atomic mass is 9.86. The summed E-state index contributed by atoms with van der Waals surface area (Å²) in [5.41, 5.74) is 3.04. The van der Waals surface area contributed by atoms with Crippen molar-refractivity contribution in [1.29, 1.82) is 0 Å². The highest BCUT2D eigenvalue weighted by Crippen LogP contribution is 2.33. The van der Waals surface area contributed by atoms with Gasteiger partial charge in [-0.2, -0.15) is 0 Å². The molecule has 154 valence electrons. The Kier molecular flexibility index (Phi) is 6.73. The van der Waals surface area contributed by atoms with Gasteiger partial charge in [0, 0.05) is 23.7 Å². The molecule has 1 saturated carbocycles. The molecule has 6 nitrogen and oxygen atoms in total. The third kappa shape index (κ3) is 5.10. The van der Waals surface area contributed by atoms with Gasteiger partial charge in [0.15, 0.2) is 5.13 Å². The number of hydrogen-bond acceptors (Lipinski definition) is 6. The zero-order valence-corrected chi connectivity index (χ0v) is 18.7. The van der Waals surface area contributed by atoms with Crippen LogP contribution in [0.1, 0.15) is 50.0 Å². The lowest BCUT2D eigenvalue weighted by molar-refractivity contribution is 0.337. The zero-order valence-electron chi connectivity index (χ0n) is 17.0. The Balaban J connectivity index is 1.54. The number of aryl methyl sites for hydroxylation is 2. The number of sulfonamides is 1. The van der Waals surface area contributed by atoms with Crippen LogP contribution in [0, 0.1) is 19.8 Å². The van der Waals surface area contributed by atoms with Gasteiger partial charge < -0.3 is 5.32 Å². The van der Waals surface area contributed by atoms with Crippen LogP contribution in [0.15, 0.2) is 18.3 Å². The maximum atomic E-state index is 11.9. The van der Waals surface area contributed by atoms with E-state index in [0.29, 0.717) is 18.5 Å². The quantitative estimate of drug-likeness (QED) is 0.701. The van der Waals surface area contributed by atoms with E-state index in [1.54, 1.807) is 25.2 Å². The maximum Gasteiger partial charge on any atom is 0.213 e. The van der Waals surface area contributed by atoms with E-state index in [0.717, 1.165) is 47.8 Å². The van der Waals surface area contributed by atoms with E-state index in [1.807, 2.05) is 12.3 Å². The first-order valence-corrected chi connectivity index (χ1v) is 12.3. The molecule has 0 aliphatic heterocycles. The first kappa shape index (κ1) is 21.2. The van der Waals surface area contributed by atoms with Gasteiger partial charge in [0.25, 0.3) is 0 Å². The minimum Gasteiger partial charge on any atom is -0.359 e. The monoisotopic (exact) mass is 422 g/mol. The van der Waals surface area contributed by atoms with Crippen LogP contribution in [-0.2, 0) is 10.0 Å². The van der Waals surface area contributed by atoms with E-state index in [4.69, 9.17) is 4.98 Å². The summed E-state index contributed by atoms with van der Waals surface area (Å²) < 4.78 is 26.6. The highest BCUT2D eigenvalue weighted by atomic mass is 32.2. The van der Waals surface area contributed by atoms with Crippen molar-refractivity contribution < 1.29 is 8.42 Å². The summed E-state index contributed by atoms with van der Waals surface area (Å²) in [4.78, 5) is 10.5. The number of pyridine rings is 1. The van der Waals surface area contributed by atoms with Gasteiger partial charge in [-0.3, -0.25) is 4.98 Å². The van der Waals surface area contributed by atoms with Crippen molar-refractivity contribution in [2.45, 2.75) is 64.7 Å². The van der Waals surface area contributed by atoms with Gasteiger partial charge in [0.2, 0.25) is 10.0 Å². The Morgan fingerprint density at radius 1 is 1.18 bits per heavy atom. The van der Waals surface area contributed by atoms with Crippen LogP contribution in [0.5, 0.6) is 0 Å². The van der Waals surface area contributed by atoms with Gasteiger partial charge in [-0.1, -0.05) is 6.07 Å². The number of thiazole rings is 1. The predicted molar refractivity (Wildman–Crippen MR) is 116 cm³/mol. The second-order valence-electron chi connectivity index (χ2n) is 7.90. The molecule has 0 aromatic carbocycles. The summed E-state index contributed by atoms with van der Waals surface area (Å²) in [6, 6.07) is 4.39. The van der Waals surface area contributed by atoms with Gasteiger partial charge in [-0.05, 0) is 70.9 Å². The molecule has 1 aliphatic carbocycles. The van der Waals surface area contributed by atoms with Crippen LogP contribution in [0.2, 0.25) is 0 Å². The Morgan fingerprint density at radius 3 is 2.54 bits per heavy atom. The van der Waals surface area contributed by atoms with Crippen molar-refractivity contribution in [2.75, 3.05) is 11.9 Å². The summed E-state index contributed by atoms with van der Waals surface area (Å²) in [6.45, 7) is 8.11. The van der Waals surface area contributed by atoms with Crippen LogP contribution >= 0.6 is 11.3 Å². The van der Waals surface area contributed by atoms with Crippen molar-refractivity contribution >= 4 is 26.5 Å². The Labute approximate surface area is 172 Å². The molecule has 2 heterocycles. The van der Waals surface area contributed by atoms with Crippen LogP contribution in [0.25, 0.3) is 11.4 Å². The molecule has 0 atom stereocenters. The predicted octanol–water partition coefficient (Wildman–Crippen LogP) is 4.12. The number of hydrogen-bond donors (Lipinski definition) is 2. The van der Waals surface area contributed by atoms with Crippen molar-refractivity contribution in [2.24, 2.45) is 5.92 Å². The summed E-state index contributed by atoms with van der Waals surface area (Å²) in [6.07, 6.45) is 5.92. The summed E-state index contributed by atoms with van der Waals surface area (Å²) in [5.74, 6) is 0.413. The van der Waals surface area contributed by atoms with Gasteiger partial charge >= 0.3 is 0 Å². The minimum absolute atomic E-state index is 0.379. The largest absolute Gasteiger partial charge is 0.359 e. The average Bonchev–Trinajstić information content (AvgIpc) is 3.01. The minimum atomic E-state index is -3.17.